The molecule has 0 saturated heterocycles. The van der Waals surface area contributed by atoms with Crippen LogP contribution in [0.4, 0.5) is 0 Å². The van der Waals surface area contributed by atoms with Crippen molar-refractivity contribution < 1.29 is 9.53 Å². The Bertz CT molecular complexity index is 783. The van der Waals surface area contributed by atoms with E-state index in [9.17, 15) is 9.59 Å². The maximum atomic E-state index is 12.1. The summed E-state index contributed by atoms with van der Waals surface area (Å²) in [6.07, 6.45) is -0.618. The number of amides is 1. The van der Waals surface area contributed by atoms with Gasteiger partial charge in [0.1, 0.15) is 5.75 Å². The van der Waals surface area contributed by atoms with Gasteiger partial charge >= 0.3 is 0 Å². The van der Waals surface area contributed by atoms with Crippen LogP contribution >= 0.6 is 0 Å². The van der Waals surface area contributed by atoms with Crippen LogP contribution in [-0.2, 0) is 11.3 Å². The van der Waals surface area contributed by atoms with E-state index in [1.165, 1.54) is 10.7 Å². The normalized spacial score (nSPS) is 11.8. The summed E-state index contributed by atoms with van der Waals surface area (Å²) in [5.74, 6) is 0.478. The smallest absolute Gasteiger partial charge is 0.266 e. The third kappa shape index (κ3) is 4.68. The first-order valence-corrected chi connectivity index (χ1v) is 7.93. The molecule has 0 bridgehead atoms. The summed E-state index contributed by atoms with van der Waals surface area (Å²) >= 11 is 0. The Kier molecular flexibility index (Phi) is 5.73. The number of hydrogen-bond donors (Lipinski definition) is 1. The van der Waals surface area contributed by atoms with Crippen molar-refractivity contribution in [2.75, 3.05) is 6.54 Å². The largest absolute Gasteiger partial charge is 0.481 e. The highest BCUT2D eigenvalue weighted by atomic mass is 16.5. The molecule has 2 aromatic rings. The molecular weight excluding hydrogens is 306 g/mol. The number of nitrogens with one attached hydrogen (secondary N) is 1. The van der Waals surface area contributed by atoms with Crippen molar-refractivity contribution in [2.24, 2.45) is 0 Å². The van der Waals surface area contributed by atoms with Crippen molar-refractivity contribution >= 4 is 5.91 Å². The average molecular weight is 329 g/mol. The van der Waals surface area contributed by atoms with Gasteiger partial charge in [0, 0.05) is 12.6 Å². The van der Waals surface area contributed by atoms with Gasteiger partial charge in [-0.1, -0.05) is 12.1 Å². The Hall–Kier alpha value is -2.63. The summed E-state index contributed by atoms with van der Waals surface area (Å²) in [4.78, 5) is 23.8. The van der Waals surface area contributed by atoms with Crippen LogP contribution < -0.4 is 15.6 Å². The molecule has 128 valence electrons. The van der Waals surface area contributed by atoms with Gasteiger partial charge in [-0.3, -0.25) is 9.59 Å². The molecule has 6 heteroatoms. The number of aromatic nitrogens is 2. The molecule has 6 nitrogen and oxygen atoms in total. The van der Waals surface area contributed by atoms with Crippen LogP contribution in [0.2, 0.25) is 0 Å². The molecule has 2 rings (SSSR count). The first-order valence-electron chi connectivity index (χ1n) is 7.93. The van der Waals surface area contributed by atoms with Gasteiger partial charge in [0.05, 0.1) is 12.2 Å². The zero-order chi connectivity index (χ0) is 17.7. The Labute approximate surface area is 141 Å². The highest BCUT2D eigenvalue weighted by molar-refractivity contribution is 5.80. The van der Waals surface area contributed by atoms with Crippen LogP contribution in [0.3, 0.4) is 0 Å². The van der Waals surface area contributed by atoms with Gasteiger partial charge in [0.25, 0.3) is 11.5 Å². The highest BCUT2D eigenvalue weighted by Gasteiger charge is 2.15. The molecule has 0 fully saturated rings. The quantitative estimate of drug-likeness (QED) is 0.876. The van der Waals surface area contributed by atoms with Gasteiger partial charge in [-0.25, -0.2) is 4.68 Å². The van der Waals surface area contributed by atoms with Crippen LogP contribution in [0.15, 0.2) is 35.1 Å². The molecule has 0 spiro atoms. The standard InChI is InChI=1S/C18H23N3O3/c1-12-5-6-13(2)16(11-12)24-15(4)18(23)19-9-10-21-17(22)8-7-14(3)20-21/h5-8,11,15H,9-10H2,1-4H3,(H,19,23). The van der Waals surface area contributed by atoms with Crippen molar-refractivity contribution in [1.29, 1.82) is 0 Å². The topological polar surface area (TPSA) is 73.2 Å². The van der Waals surface area contributed by atoms with E-state index in [0.717, 1.165) is 16.8 Å². The van der Waals surface area contributed by atoms with E-state index in [2.05, 4.69) is 10.4 Å². The molecule has 1 amide bonds. The minimum Gasteiger partial charge on any atom is -0.481 e. The Morgan fingerprint density at radius 3 is 2.75 bits per heavy atom. The summed E-state index contributed by atoms with van der Waals surface area (Å²) in [6.45, 7) is 8.07. The van der Waals surface area contributed by atoms with Gasteiger partial charge in [-0.05, 0) is 51.0 Å². The van der Waals surface area contributed by atoms with E-state index in [4.69, 9.17) is 4.74 Å². The fraction of sp³-hybridized carbons (Fsp3) is 0.389. The molecule has 1 atom stereocenters. The lowest BCUT2D eigenvalue weighted by Gasteiger charge is -2.17. The molecule has 1 aromatic carbocycles. The second-order valence-electron chi connectivity index (χ2n) is 5.86. The number of hydrogen-bond acceptors (Lipinski definition) is 4. The SMILES string of the molecule is Cc1ccc(C)c(OC(C)C(=O)NCCn2nc(C)ccc2=O)c1. The van der Waals surface area contributed by atoms with E-state index in [0.29, 0.717) is 18.8 Å². The number of carbonyl (C=O) groups excluding carboxylic acids is 1. The molecule has 0 saturated carbocycles. The van der Waals surface area contributed by atoms with E-state index in [-0.39, 0.29) is 11.5 Å². The van der Waals surface area contributed by atoms with Crippen LogP contribution in [0.5, 0.6) is 5.75 Å². The maximum absolute atomic E-state index is 12.1. The molecule has 0 radical (unpaired) electrons. The highest BCUT2D eigenvalue weighted by Crippen LogP contribution is 2.20. The van der Waals surface area contributed by atoms with Crippen molar-refractivity contribution in [3.63, 3.8) is 0 Å². The van der Waals surface area contributed by atoms with Gasteiger partial charge in [0.2, 0.25) is 0 Å². The van der Waals surface area contributed by atoms with Crippen LogP contribution in [0, 0.1) is 20.8 Å². The second kappa shape index (κ2) is 7.77. The van der Waals surface area contributed by atoms with E-state index in [1.807, 2.05) is 39.0 Å². The minimum absolute atomic E-state index is 0.186. The Morgan fingerprint density at radius 1 is 1.25 bits per heavy atom. The third-order valence-corrected chi connectivity index (χ3v) is 3.64. The molecule has 0 aliphatic heterocycles. The summed E-state index contributed by atoms with van der Waals surface area (Å²) < 4.78 is 7.08. The number of aryl methyl sites for hydroxylation is 3. The van der Waals surface area contributed by atoms with Gasteiger partial charge < -0.3 is 10.1 Å². The fourth-order valence-corrected chi connectivity index (χ4v) is 2.22. The van der Waals surface area contributed by atoms with Crippen molar-refractivity contribution in [3.8, 4) is 5.75 Å². The summed E-state index contributed by atoms with van der Waals surface area (Å²) in [5.41, 5.74) is 2.63. The minimum atomic E-state index is -0.618. The molecular formula is C18H23N3O3. The molecule has 1 aromatic heterocycles. The summed E-state index contributed by atoms with van der Waals surface area (Å²) in [5, 5.41) is 6.89. The van der Waals surface area contributed by atoms with Crippen molar-refractivity contribution in [1.82, 2.24) is 15.1 Å². The molecule has 0 aliphatic rings. The second-order valence-corrected chi connectivity index (χ2v) is 5.86. The maximum Gasteiger partial charge on any atom is 0.266 e. The van der Waals surface area contributed by atoms with Crippen LogP contribution in [0.25, 0.3) is 0 Å². The zero-order valence-electron chi connectivity index (χ0n) is 14.5. The van der Waals surface area contributed by atoms with Crippen molar-refractivity contribution in [2.45, 2.75) is 40.3 Å². The van der Waals surface area contributed by atoms with E-state index in [1.54, 1.807) is 13.0 Å². The average Bonchev–Trinajstić information content (AvgIpc) is 2.54. The third-order valence-electron chi connectivity index (χ3n) is 3.64. The predicted molar refractivity (Wildman–Crippen MR) is 92.2 cm³/mol. The van der Waals surface area contributed by atoms with Gasteiger partial charge in [-0.2, -0.15) is 5.10 Å². The first kappa shape index (κ1) is 17.7. The number of rotatable bonds is 6. The number of benzene rings is 1. The monoisotopic (exact) mass is 329 g/mol. The van der Waals surface area contributed by atoms with E-state index < -0.39 is 6.10 Å². The number of ether oxygens (including phenoxy) is 1. The van der Waals surface area contributed by atoms with Gasteiger partial charge in [0.15, 0.2) is 6.10 Å². The molecule has 1 unspecified atom stereocenters. The lowest BCUT2D eigenvalue weighted by atomic mass is 10.1. The number of carbonyl (C=O) groups is 1. The predicted octanol–water partition coefficient (Wildman–Crippen LogP) is 1.75. The van der Waals surface area contributed by atoms with Crippen LogP contribution in [0.1, 0.15) is 23.7 Å². The lowest BCUT2D eigenvalue weighted by Crippen LogP contribution is -2.39. The molecule has 24 heavy (non-hydrogen) atoms. The fourth-order valence-electron chi connectivity index (χ4n) is 2.22. The first-order chi connectivity index (χ1) is 11.4. The van der Waals surface area contributed by atoms with Crippen LogP contribution in [-0.4, -0.2) is 28.3 Å². The van der Waals surface area contributed by atoms with Gasteiger partial charge in [-0.15, -0.1) is 0 Å². The van der Waals surface area contributed by atoms with Crippen molar-refractivity contribution in [3.05, 3.63) is 57.5 Å². The molecule has 0 aliphatic carbocycles. The molecule has 1 N–H and O–H groups in total. The summed E-state index contributed by atoms with van der Waals surface area (Å²) in [6, 6.07) is 9.01. The Balaban J connectivity index is 1.89. The summed E-state index contributed by atoms with van der Waals surface area (Å²) in [7, 11) is 0. The number of nitrogens with zero attached hydrogens (tertiary/aromatic N) is 2. The molecule has 1 heterocycles. The Morgan fingerprint density at radius 2 is 2.00 bits per heavy atom. The lowest BCUT2D eigenvalue weighted by molar-refractivity contribution is -0.127. The zero-order valence-corrected chi connectivity index (χ0v) is 14.5. The van der Waals surface area contributed by atoms with E-state index >= 15 is 0 Å².